The highest BCUT2D eigenvalue weighted by molar-refractivity contribution is 7.80. The van der Waals surface area contributed by atoms with Gasteiger partial charge in [-0.2, -0.15) is 0 Å². The Morgan fingerprint density at radius 2 is 1.55 bits per heavy atom. The Labute approximate surface area is 186 Å². The van der Waals surface area contributed by atoms with Crippen molar-refractivity contribution in [2.24, 2.45) is 0 Å². The first-order valence-electron chi connectivity index (χ1n) is 9.83. The third-order valence-electron chi connectivity index (χ3n) is 4.30. The van der Waals surface area contributed by atoms with Gasteiger partial charge in [-0.25, -0.2) is 0 Å². The molecule has 0 aromatic heterocycles. The van der Waals surface area contributed by atoms with E-state index in [2.05, 4.69) is 16.0 Å². The number of carbonyl (C=O) groups is 2. The van der Waals surface area contributed by atoms with Gasteiger partial charge < -0.3 is 20.7 Å². The monoisotopic (exact) mass is 433 g/mol. The zero-order chi connectivity index (χ0) is 22.1. The zero-order valence-electron chi connectivity index (χ0n) is 17.1. The first-order valence-corrected chi connectivity index (χ1v) is 10.2. The maximum absolute atomic E-state index is 12.8. The fraction of sp³-hybridized carbons (Fsp3) is 0.125. The van der Waals surface area contributed by atoms with Crippen molar-refractivity contribution in [2.45, 2.75) is 13.3 Å². The number of rotatable bonds is 7. The van der Waals surface area contributed by atoms with E-state index in [1.54, 1.807) is 48.5 Å². The number of amides is 2. The van der Waals surface area contributed by atoms with Gasteiger partial charge in [-0.1, -0.05) is 42.5 Å². The Morgan fingerprint density at radius 3 is 2.26 bits per heavy atom. The van der Waals surface area contributed by atoms with Crippen molar-refractivity contribution in [2.75, 3.05) is 17.2 Å². The summed E-state index contributed by atoms with van der Waals surface area (Å²) in [7, 11) is 0. The molecule has 0 atom stereocenters. The van der Waals surface area contributed by atoms with Crippen molar-refractivity contribution < 1.29 is 14.3 Å². The number of hydrogen-bond acceptors (Lipinski definition) is 4. The van der Waals surface area contributed by atoms with Crippen LogP contribution in [0, 0.1) is 0 Å². The lowest BCUT2D eigenvalue weighted by Crippen LogP contribution is -2.35. The molecular weight excluding hydrogens is 410 g/mol. The number of nitrogens with one attached hydrogen (secondary N) is 3. The van der Waals surface area contributed by atoms with Crippen LogP contribution >= 0.6 is 12.2 Å². The van der Waals surface area contributed by atoms with Crippen LogP contribution in [0.3, 0.4) is 0 Å². The van der Waals surface area contributed by atoms with Crippen LogP contribution < -0.4 is 20.7 Å². The van der Waals surface area contributed by atoms with Crippen molar-refractivity contribution in [1.82, 2.24) is 5.32 Å². The minimum atomic E-state index is -0.300. The van der Waals surface area contributed by atoms with Crippen molar-refractivity contribution >= 4 is 40.5 Å². The largest absolute Gasteiger partial charge is 0.494 e. The molecule has 0 bridgehead atoms. The van der Waals surface area contributed by atoms with Crippen molar-refractivity contribution in [1.29, 1.82) is 0 Å². The van der Waals surface area contributed by atoms with Crippen LogP contribution in [0.2, 0.25) is 0 Å². The average Bonchev–Trinajstić information content (AvgIpc) is 2.76. The van der Waals surface area contributed by atoms with Gasteiger partial charge in [-0.05, 0) is 61.1 Å². The van der Waals surface area contributed by atoms with Gasteiger partial charge in [0.1, 0.15) is 5.75 Å². The van der Waals surface area contributed by atoms with E-state index >= 15 is 0 Å². The lowest BCUT2D eigenvalue weighted by Gasteiger charge is -2.14. The number of thiocarbonyl (C=S) groups is 1. The zero-order valence-corrected chi connectivity index (χ0v) is 17.9. The fourth-order valence-corrected chi connectivity index (χ4v) is 3.12. The molecule has 0 aliphatic rings. The van der Waals surface area contributed by atoms with Gasteiger partial charge in [-0.15, -0.1) is 0 Å². The van der Waals surface area contributed by atoms with Crippen molar-refractivity contribution in [3.63, 3.8) is 0 Å². The van der Waals surface area contributed by atoms with E-state index in [1.165, 1.54) is 0 Å². The smallest absolute Gasteiger partial charge is 0.257 e. The summed E-state index contributed by atoms with van der Waals surface area (Å²) in [5, 5.41) is 8.56. The molecule has 158 valence electrons. The maximum Gasteiger partial charge on any atom is 0.257 e. The van der Waals surface area contributed by atoms with Crippen LogP contribution in [0.1, 0.15) is 22.8 Å². The Kier molecular flexibility index (Phi) is 7.73. The van der Waals surface area contributed by atoms with E-state index in [1.807, 2.05) is 37.3 Å². The molecule has 0 aliphatic carbocycles. The molecule has 0 radical (unpaired) electrons. The number of ether oxygens (including phenoxy) is 1. The molecule has 0 saturated carbocycles. The van der Waals surface area contributed by atoms with Crippen LogP contribution in [-0.2, 0) is 11.2 Å². The maximum atomic E-state index is 12.8. The van der Waals surface area contributed by atoms with E-state index in [-0.39, 0.29) is 23.3 Å². The van der Waals surface area contributed by atoms with Crippen LogP contribution in [0.5, 0.6) is 5.75 Å². The van der Waals surface area contributed by atoms with Crippen LogP contribution in [0.4, 0.5) is 11.4 Å². The van der Waals surface area contributed by atoms with Crippen LogP contribution in [0.15, 0.2) is 78.9 Å². The van der Waals surface area contributed by atoms with Crippen molar-refractivity contribution in [3.05, 3.63) is 90.0 Å². The molecule has 0 saturated heterocycles. The lowest BCUT2D eigenvalue weighted by molar-refractivity contribution is -0.119. The first-order chi connectivity index (χ1) is 15.0. The summed E-state index contributed by atoms with van der Waals surface area (Å²) >= 11 is 5.25. The van der Waals surface area contributed by atoms with Gasteiger partial charge in [0, 0.05) is 5.69 Å². The summed E-state index contributed by atoms with van der Waals surface area (Å²) in [5.74, 6) is 0.199. The summed E-state index contributed by atoms with van der Waals surface area (Å²) in [4.78, 5) is 25.0. The fourth-order valence-electron chi connectivity index (χ4n) is 2.90. The van der Waals surface area contributed by atoms with E-state index in [4.69, 9.17) is 17.0 Å². The van der Waals surface area contributed by atoms with Crippen molar-refractivity contribution in [3.8, 4) is 5.75 Å². The number of anilines is 2. The number of para-hydroxylation sites is 1. The standard InChI is InChI=1S/C24H23N3O3S/c1-2-30-19-14-12-18(13-15-19)25-23(29)20-10-6-7-11-21(20)26-24(31)27-22(28)16-17-8-4-3-5-9-17/h3-15H,2,16H2,1H3,(H,25,29)(H2,26,27,28,31). The third-order valence-corrected chi connectivity index (χ3v) is 4.51. The first kappa shape index (κ1) is 22.0. The summed E-state index contributed by atoms with van der Waals surface area (Å²) < 4.78 is 5.41. The molecule has 3 aromatic carbocycles. The van der Waals surface area contributed by atoms with Crippen LogP contribution in [0.25, 0.3) is 0 Å². The molecule has 0 heterocycles. The SMILES string of the molecule is CCOc1ccc(NC(=O)c2ccccc2NC(=S)NC(=O)Cc2ccccc2)cc1. The second-order valence-corrected chi connectivity index (χ2v) is 7.03. The van der Waals surface area contributed by atoms with Gasteiger partial charge in [0.15, 0.2) is 5.11 Å². The number of hydrogen-bond donors (Lipinski definition) is 3. The minimum Gasteiger partial charge on any atom is -0.494 e. The Bertz CT molecular complexity index is 1050. The second-order valence-electron chi connectivity index (χ2n) is 6.62. The van der Waals surface area contributed by atoms with Gasteiger partial charge in [0.05, 0.1) is 24.3 Å². The van der Waals surface area contributed by atoms with Gasteiger partial charge in [0.2, 0.25) is 5.91 Å². The van der Waals surface area contributed by atoms with Crippen LogP contribution in [-0.4, -0.2) is 23.5 Å². The second kappa shape index (κ2) is 10.9. The molecule has 3 rings (SSSR count). The molecule has 0 unspecified atom stereocenters. The van der Waals surface area contributed by atoms with Gasteiger partial charge >= 0.3 is 0 Å². The molecule has 2 amide bonds. The van der Waals surface area contributed by atoms with Gasteiger partial charge in [-0.3, -0.25) is 9.59 Å². The number of carbonyl (C=O) groups excluding carboxylic acids is 2. The van der Waals surface area contributed by atoms with E-state index in [0.717, 1.165) is 11.3 Å². The third kappa shape index (κ3) is 6.65. The molecule has 0 aliphatic heterocycles. The Morgan fingerprint density at radius 1 is 0.871 bits per heavy atom. The molecule has 0 spiro atoms. The summed E-state index contributed by atoms with van der Waals surface area (Å²) in [6.45, 7) is 2.49. The van der Waals surface area contributed by atoms with E-state index < -0.39 is 0 Å². The molecular formula is C24H23N3O3S. The highest BCUT2D eigenvalue weighted by Crippen LogP contribution is 2.19. The molecule has 0 fully saturated rings. The molecule has 3 N–H and O–H groups in total. The summed E-state index contributed by atoms with van der Waals surface area (Å²) in [6.07, 6.45) is 0.211. The topological polar surface area (TPSA) is 79.5 Å². The predicted molar refractivity (Wildman–Crippen MR) is 127 cm³/mol. The Hall–Kier alpha value is -3.71. The molecule has 3 aromatic rings. The highest BCUT2D eigenvalue weighted by Gasteiger charge is 2.13. The Balaban J connectivity index is 1.61. The minimum absolute atomic E-state index is 0.127. The molecule has 31 heavy (non-hydrogen) atoms. The lowest BCUT2D eigenvalue weighted by atomic mass is 10.1. The predicted octanol–water partition coefficient (Wildman–Crippen LogP) is 4.39. The van der Waals surface area contributed by atoms with Gasteiger partial charge in [0.25, 0.3) is 5.91 Å². The number of benzene rings is 3. The van der Waals surface area contributed by atoms with E-state index in [0.29, 0.717) is 23.5 Å². The summed E-state index contributed by atoms with van der Waals surface area (Å²) in [5.41, 5.74) is 2.42. The quantitative estimate of drug-likeness (QED) is 0.482. The molecule has 7 heteroatoms. The normalized spacial score (nSPS) is 10.1. The van der Waals surface area contributed by atoms with E-state index in [9.17, 15) is 9.59 Å². The molecule has 6 nitrogen and oxygen atoms in total. The average molecular weight is 434 g/mol. The summed E-state index contributed by atoms with van der Waals surface area (Å²) in [6, 6.07) is 23.5. The highest BCUT2D eigenvalue weighted by atomic mass is 32.1.